The Labute approximate surface area is 197 Å². The summed E-state index contributed by atoms with van der Waals surface area (Å²) >= 11 is 4.00. The van der Waals surface area contributed by atoms with Gasteiger partial charge in [-0.3, -0.25) is 24.0 Å². The summed E-state index contributed by atoms with van der Waals surface area (Å²) in [4.78, 5) is 70.9. The molecule has 0 bridgehead atoms. The second-order valence-corrected chi connectivity index (χ2v) is 8.32. The Kier molecular flexibility index (Phi) is 13.7. The Balaban J connectivity index is 5.30. The molecule has 0 aliphatic carbocycles. The lowest BCUT2D eigenvalue weighted by atomic mass is 10.0. The molecular formula is C19H34N6O7S. The Morgan fingerprint density at radius 2 is 1.21 bits per heavy atom. The van der Waals surface area contributed by atoms with Crippen LogP contribution in [-0.4, -0.2) is 70.5 Å². The number of primary amides is 2. The summed E-state index contributed by atoms with van der Waals surface area (Å²) in [6, 6.07) is -4.79. The Hall–Kier alpha value is -2.87. The van der Waals surface area contributed by atoms with Gasteiger partial charge in [-0.15, -0.1) is 0 Å². The van der Waals surface area contributed by atoms with Crippen molar-refractivity contribution in [3.63, 3.8) is 0 Å². The van der Waals surface area contributed by atoms with Crippen molar-refractivity contribution >= 4 is 48.1 Å². The summed E-state index contributed by atoms with van der Waals surface area (Å²) in [6.07, 6.45) is -0.510. The molecule has 0 spiro atoms. The molecule has 0 aromatic carbocycles. The fourth-order valence-electron chi connectivity index (χ4n) is 2.73. The fourth-order valence-corrected chi connectivity index (χ4v) is 2.99. The van der Waals surface area contributed by atoms with E-state index in [4.69, 9.17) is 17.2 Å². The van der Waals surface area contributed by atoms with Crippen molar-refractivity contribution in [1.82, 2.24) is 16.0 Å². The molecule has 188 valence electrons. The molecule has 4 unspecified atom stereocenters. The second-order valence-electron chi connectivity index (χ2n) is 7.95. The molecule has 0 heterocycles. The zero-order chi connectivity index (χ0) is 25.7. The molecule has 4 atom stereocenters. The van der Waals surface area contributed by atoms with Gasteiger partial charge in [0.05, 0.1) is 6.04 Å². The van der Waals surface area contributed by atoms with Crippen LogP contribution in [0, 0.1) is 5.92 Å². The van der Waals surface area contributed by atoms with Crippen LogP contribution in [0.2, 0.25) is 0 Å². The highest BCUT2D eigenvalue weighted by atomic mass is 32.1. The van der Waals surface area contributed by atoms with Crippen LogP contribution < -0.4 is 33.2 Å². The first-order valence-corrected chi connectivity index (χ1v) is 11.0. The summed E-state index contributed by atoms with van der Waals surface area (Å²) in [5, 5.41) is 16.2. The number of carboxylic acids is 1. The maximum absolute atomic E-state index is 12.7. The number of nitrogens with two attached hydrogens (primary N) is 3. The molecule has 5 amide bonds. The highest BCUT2D eigenvalue weighted by Gasteiger charge is 2.30. The number of thiol groups is 1. The number of hydrogen-bond acceptors (Lipinski definition) is 8. The van der Waals surface area contributed by atoms with Crippen molar-refractivity contribution in [2.24, 2.45) is 23.1 Å². The zero-order valence-electron chi connectivity index (χ0n) is 18.7. The molecule has 0 saturated carbocycles. The van der Waals surface area contributed by atoms with Gasteiger partial charge in [0.2, 0.25) is 29.5 Å². The molecule has 0 aromatic rings. The maximum Gasteiger partial charge on any atom is 0.326 e. The van der Waals surface area contributed by atoms with Crippen LogP contribution in [0.5, 0.6) is 0 Å². The average Bonchev–Trinajstić information content (AvgIpc) is 2.70. The van der Waals surface area contributed by atoms with Crippen LogP contribution >= 0.6 is 12.6 Å². The largest absolute Gasteiger partial charge is 0.480 e. The van der Waals surface area contributed by atoms with Crippen LogP contribution in [0.25, 0.3) is 0 Å². The first-order chi connectivity index (χ1) is 15.3. The van der Waals surface area contributed by atoms with E-state index in [2.05, 4.69) is 28.6 Å². The normalized spacial score (nSPS) is 14.5. The van der Waals surface area contributed by atoms with Crippen LogP contribution in [0.4, 0.5) is 0 Å². The van der Waals surface area contributed by atoms with Crippen molar-refractivity contribution in [2.45, 2.75) is 70.1 Å². The molecule has 0 radical (unpaired) electrons. The highest BCUT2D eigenvalue weighted by molar-refractivity contribution is 7.80. The molecule has 0 aliphatic rings. The van der Waals surface area contributed by atoms with Crippen molar-refractivity contribution < 1.29 is 33.9 Å². The van der Waals surface area contributed by atoms with Gasteiger partial charge >= 0.3 is 5.97 Å². The molecule has 0 saturated heterocycles. The molecule has 0 fully saturated rings. The van der Waals surface area contributed by atoms with Crippen molar-refractivity contribution in [2.75, 3.05) is 5.75 Å². The SMILES string of the molecule is CC(C)CC(N)C(=O)NC(CCC(N)=O)C(=O)NC(CS)C(=O)NC(CCC(N)=O)C(=O)O. The lowest BCUT2D eigenvalue weighted by molar-refractivity contribution is -0.142. The van der Waals surface area contributed by atoms with Gasteiger partial charge < -0.3 is 38.3 Å². The summed E-state index contributed by atoms with van der Waals surface area (Å²) in [7, 11) is 0. The molecule has 14 heteroatoms. The monoisotopic (exact) mass is 490 g/mol. The molecule has 0 aromatic heterocycles. The number of nitrogens with one attached hydrogen (secondary N) is 3. The van der Waals surface area contributed by atoms with Gasteiger partial charge in [-0.25, -0.2) is 4.79 Å². The smallest absolute Gasteiger partial charge is 0.326 e. The van der Waals surface area contributed by atoms with Crippen molar-refractivity contribution in [1.29, 1.82) is 0 Å². The Morgan fingerprint density at radius 3 is 1.64 bits per heavy atom. The number of carbonyl (C=O) groups is 6. The van der Waals surface area contributed by atoms with E-state index < -0.39 is 59.7 Å². The summed E-state index contributed by atoms with van der Waals surface area (Å²) in [5.41, 5.74) is 16.0. The topological polar surface area (TPSA) is 237 Å². The van der Waals surface area contributed by atoms with E-state index in [9.17, 15) is 33.9 Å². The van der Waals surface area contributed by atoms with Crippen LogP contribution in [0.3, 0.4) is 0 Å². The van der Waals surface area contributed by atoms with Gasteiger partial charge in [0.15, 0.2) is 0 Å². The van der Waals surface area contributed by atoms with E-state index in [-0.39, 0.29) is 37.4 Å². The zero-order valence-corrected chi connectivity index (χ0v) is 19.6. The minimum Gasteiger partial charge on any atom is -0.480 e. The lowest BCUT2D eigenvalue weighted by Crippen LogP contribution is -2.57. The first-order valence-electron chi connectivity index (χ1n) is 10.3. The fraction of sp³-hybridized carbons (Fsp3) is 0.684. The first kappa shape index (κ1) is 30.1. The van der Waals surface area contributed by atoms with Gasteiger partial charge in [-0.05, 0) is 25.2 Å². The minimum absolute atomic E-state index is 0.123. The third-order valence-electron chi connectivity index (χ3n) is 4.48. The predicted molar refractivity (Wildman–Crippen MR) is 122 cm³/mol. The second kappa shape index (κ2) is 15.1. The highest BCUT2D eigenvalue weighted by Crippen LogP contribution is 2.06. The average molecular weight is 491 g/mol. The van der Waals surface area contributed by atoms with Crippen molar-refractivity contribution in [3.8, 4) is 0 Å². The third-order valence-corrected chi connectivity index (χ3v) is 4.85. The quantitative estimate of drug-likeness (QED) is 0.106. The van der Waals surface area contributed by atoms with Crippen molar-refractivity contribution in [3.05, 3.63) is 0 Å². The number of carboxylic acid groups (broad SMARTS) is 1. The number of aliphatic carboxylic acids is 1. The Bertz CT molecular complexity index is 733. The van der Waals surface area contributed by atoms with E-state index in [0.29, 0.717) is 6.42 Å². The molecule has 10 N–H and O–H groups in total. The van der Waals surface area contributed by atoms with Gasteiger partial charge in [0, 0.05) is 18.6 Å². The van der Waals surface area contributed by atoms with E-state index in [1.54, 1.807) is 0 Å². The number of hydrogen-bond donors (Lipinski definition) is 8. The van der Waals surface area contributed by atoms with Crippen LogP contribution in [-0.2, 0) is 28.8 Å². The number of amides is 5. The molecule has 0 rings (SSSR count). The summed E-state index contributed by atoms with van der Waals surface area (Å²) < 4.78 is 0. The third kappa shape index (κ3) is 12.7. The molecule has 0 aliphatic heterocycles. The van der Waals surface area contributed by atoms with E-state index >= 15 is 0 Å². The molecule has 13 nitrogen and oxygen atoms in total. The van der Waals surface area contributed by atoms with Crippen LogP contribution in [0.15, 0.2) is 0 Å². The maximum atomic E-state index is 12.7. The minimum atomic E-state index is -1.41. The molecular weight excluding hydrogens is 456 g/mol. The summed E-state index contributed by atoms with van der Waals surface area (Å²) in [5.74, 6) is -5.20. The summed E-state index contributed by atoms with van der Waals surface area (Å²) in [6.45, 7) is 3.74. The molecule has 33 heavy (non-hydrogen) atoms. The van der Waals surface area contributed by atoms with Crippen LogP contribution in [0.1, 0.15) is 46.0 Å². The number of carbonyl (C=O) groups excluding carboxylic acids is 5. The number of rotatable bonds is 16. The van der Waals surface area contributed by atoms with E-state index in [0.717, 1.165) is 0 Å². The lowest BCUT2D eigenvalue weighted by Gasteiger charge is -2.24. The predicted octanol–water partition coefficient (Wildman–Crippen LogP) is -2.64. The van der Waals surface area contributed by atoms with E-state index in [1.165, 1.54) is 0 Å². The van der Waals surface area contributed by atoms with Gasteiger partial charge in [-0.2, -0.15) is 12.6 Å². The van der Waals surface area contributed by atoms with Gasteiger partial charge in [0.25, 0.3) is 0 Å². The van der Waals surface area contributed by atoms with Gasteiger partial charge in [-0.1, -0.05) is 13.8 Å². The van der Waals surface area contributed by atoms with E-state index in [1.807, 2.05) is 13.8 Å². The standard InChI is InChI=1S/C19H34N6O7S/c1-9(2)7-10(20)16(28)23-11(3-5-14(21)26)17(29)25-13(8-33)18(30)24-12(19(31)32)4-6-15(22)27/h9-13,33H,3-8,20H2,1-2H3,(H2,21,26)(H2,22,27)(H,23,28)(H,24,30)(H,25,29)(H,31,32). The van der Waals surface area contributed by atoms with Gasteiger partial charge in [0.1, 0.15) is 18.1 Å². The Morgan fingerprint density at radius 1 is 0.788 bits per heavy atom.